The molecule has 6 rings (SSSR count). The summed E-state index contributed by atoms with van der Waals surface area (Å²) in [6.07, 6.45) is 6.47. The summed E-state index contributed by atoms with van der Waals surface area (Å²) in [6, 6.07) is 11.8. The van der Waals surface area contributed by atoms with Gasteiger partial charge in [0.1, 0.15) is 30.2 Å². The number of nitrogens with zero attached hydrogens (tertiary/aromatic N) is 5. The predicted octanol–water partition coefficient (Wildman–Crippen LogP) is 8.44. The molecule has 2 aliphatic heterocycles. The van der Waals surface area contributed by atoms with Gasteiger partial charge in [-0.2, -0.15) is 0 Å². The van der Waals surface area contributed by atoms with Crippen LogP contribution < -0.4 is 20.7 Å². The van der Waals surface area contributed by atoms with Crippen LogP contribution in [0.5, 0.6) is 5.75 Å². The number of nitro groups is 1. The molecule has 20 heteroatoms. The fraction of sp³-hybridized carbons (Fsp3) is 0.492. The molecule has 0 spiro atoms. The van der Waals surface area contributed by atoms with Crippen molar-refractivity contribution in [2.24, 2.45) is 23.7 Å². The van der Waals surface area contributed by atoms with Gasteiger partial charge in [0.2, 0.25) is 41.2 Å². The van der Waals surface area contributed by atoms with Crippen molar-refractivity contribution in [3.63, 3.8) is 0 Å². The summed E-state index contributed by atoms with van der Waals surface area (Å²) in [5.41, 5.74) is 1.46. The number of halogens is 1. The smallest absolute Gasteiger partial charge is 0.343 e. The predicted molar refractivity (Wildman–Crippen MR) is 318 cm³/mol. The van der Waals surface area contributed by atoms with Gasteiger partial charge >= 0.3 is 11.7 Å². The van der Waals surface area contributed by atoms with Crippen molar-refractivity contribution in [1.82, 2.24) is 35.2 Å². The number of para-hydroxylation sites is 1. The lowest BCUT2D eigenvalue weighted by Crippen LogP contribution is -2.60. The Morgan fingerprint density at radius 1 is 0.783 bits per heavy atom. The highest BCUT2D eigenvalue weighted by molar-refractivity contribution is 6.18. The zero-order valence-electron chi connectivity index (χ0n) is 49.8. The second-order valence-electron chi connectivity index (χ2n) is 23.7. The van der Waals surface area contributed by atoms with Gasteiger partial charge in [0.25, 0.3) is 0 Å². The highest BCUT2D eigenvalue weighted by Crippen LogP contribution is 2.35. The van der Waals surface area contributed by atoms with Gasteiger partial charge in [0, 0.05) is 73.6 Å². The number of esters is 1. The number of benzene rings is 3. The molecule has 19 nitrogen and oxygen atoms in total. The number of allylic oxidation sites excluding steroid dienone is 1. The molecule has 0 saturated carbocycles. The molecule has 3 N–H and O–H groups in total. The molecule has 83 heavy (non-hydrogen) atoms. The van der Waals surface area contributed by atoms with Crippen LogP contribution >= 0.6 is 11.6 Å². The molecule has 0 radical (unpaired) electrons. The minimum Gasteiger partial charge on any atom is -0.416 e. The third-order valence-electron chi connectivity index (χ3n) is 16.0. The fourth-order valence-electron chi connectivity index (χ4n) is 10.8. The van der Waals surface area contributed by atoms with Gasteiger partial charge in [-0.1, -0.05) is 102 Å². The third kappa shape index (κ3) is 15.5. The Hall–Kier alpha value is -7.67. The zero-order valence-corrected chi connectivity index (χ0v) is 50.5. The van der Waals surface area contributed by atoms with E-state index in [0.717, 1.165) is 17.0 Å². The minimum absolute atomic E-state index is 0.00210. The van der Waals surface area contributed by atoms with Crippen molar-refractivity contribution < 1.29 is 48.0 Å². The topological polar surface area (TPSA) is 240 Å². The summed E-state index contributed by atoms with van der Waals surface area (Å²) in [5, 5.41) is 22.2. The summed E-state index contributed by atoms with van der Waals surface area (Å²) in [4.78, 5) is 134. The maximum absolute atomic E-state index is 15.6. The first-order valence-corrected chi connectivity index (χ1v) is 29.0. The Labute approximate surface area is 491 Å². The van der Waals surface area contributed by atoms with Gasteiger partial charge < -0.3 is 40.0 Å². The molecule has 3 aromatic carbocycles. The number of ether oxygens (including phenoxy) is 1. The molecule has 1 saturated heterocycles. The average molecular weight is 1160 g/mol. The first-order valence-electron chi connectivity index (χ1n) is 28.5. The number of amides is 6. The summed E-state index contributed by atoms with van der Waals surface area (Å²) in [7, 11) is 2.90. The Kier molecular flexibility index (Phi) is 21.8. The number of nitro benzene ring substituents is 1. The van der Waals surface area contributed by atoms with Gasteiger partial charge in [-0.05, 0) is 113 Å². The van der Waals surface area contributed by atoms with E-state index in [1.54, 1.807) is 50.4 Å². The van der Waals surface area contributed by atoms with E-state index in [9.17, 15) is 34.1 Å². The Morgan fingerprint density at radius 3 is 2.04 bits per heavy atom. The highest BCUT2D eigenvalue weighted by Gasteiger charge is 2.43. The number of carbonyl (C=O) groups is 8. The number of rotatable bonds is 16. The standard InChI is InChI=1S/C63H81ClN8O11/c1-13-14-23-46-56(74)67-48(33-44-36-71(63(9,10)41(8)34-64)49-24-19-18-22-45(44)49)60(78)68(11)51(27-37(2)3)57(75)66-47(31-42-25-26-55(50(32-42)72(81)82)83-62(80)43-20-16-15-17-21-43)54(73)30-40(7)59(77)69(12)53-29-39(6)35-70(61(53)79)52(28-38(4)5)58(76)65-46/h13-22,24-26,32,35-38,40-41,46-48,51-53H,23,27-31,33-34H2,1-12H3,(H,65,76)(H,66,75)(H,67,74)/b14-13+/t40-,41-,46+,47+,48+,51+,52+,53+/m1/s1. The number of aromatic nitrogens is 1. The first-order chi connectivity index (χ1) is 39.2. The van der Waals surface area contributed by atoms with E-state index in [-0.39, 0.29) is 73.2 Å². The van der Waals surface area contributed by atoms with Crippen LogP contribution in [0.3, 0.4) is 0 Å². The molecular weight excluding hydrogens is 1080 g/mol. The van der Waals surface area contributed by atoms with Crippen LogP contribution in [0, 0.1) is 33.8 Å². The summed E-state index contributed by atoms with van der Waals surface area (Å²) < 4.78 is 7.58. The van der Waals surface area contributed by atoms with Crippen molar-refractivity contribution in [3.05, 3.63) is 130 Å². The number of ketones is 1. The summed E-state index contributed by atoms with van der Waals surface area (Å²) in [5.74, 6) is -6.83. The lowest BCUT2D eigenvalue weighted by molar-refractivity contribution is -0.385. The Balaban J connectivity index is 1.50. The second-order valence-corrected chi connectivity index (χ2v) is 24.0. The van der Waals surface area contributed by atoms with E-state index in [1.807, 2.05) is 65.1 Å². The van der Waals surface area contributed by atoms with Crippen LogP contribution in [0.1, 0.15) is 123 Å². The van der Waals surface area contributed by atoms with Crippen LogP contribution in [0.4, 0.5) is 5.69 Å². The molecule has 2 bridgehead atoms. The van der Waals surface area contributed by atoms with Crippen LogP contribution in [0.25, 0.3) is 10.9 Å². The van der Waals surface area contributed by atoms with Crippen molar-refractivity contribution in [2.75, 3.05) is 20.0 Å². The van der Waals surface area contributed by atoms with Crippen LogP contribution in [-0.2, 0) is 51.9 Å². The SMILES string of the molecule is C/C=C/C[C@@H]1NC(=O)[C@H](CC(C)C)N2C=C(C)C[C@@H](C2=O)N(C)C(=O)[C@H](C)CC(=O)[C@H](Cc2ccc(OC(=O)c3ccccc3)c([N+](=O)[O-])c2)NC(=O)[C@H](CC(C)C)N(C)C(=O)[C@H](Cc2cn(C(C)(C)[C@H](C)CCl)c3ccccc23)NC1=O. The summed E-state index contributed by atoms with van der Waals surface area (Å²) >= 11 is 6.47. The van der Waals surface area contributed by atoms with Gasteiger partial charge in [0.05, 0.1) is 16.5 Å². The van der Waals surface area contributed by atoms with Crippen molar-refractivity contribution >= 4 is 75.4 Å². The zero-order chi connectivity index (χ0) is 61.2. The van der Waals surface area contributed by atoms with Gasteiger partial charge in [-0.3, -0.25) is 43.7 Å². The van der Waals surface area contributed by atoms with E-state index >= 15 is 14.4 Å². The molecular formula is C63H81ClN8O11. The lowest BCUT2D eigenvalue weighted by Gasteiger charge is -2.39. The first kappa shape index (κ1) is 64.5. The minimum atomic E-state index is -1.45. The van der Waals surface area contributed by atoms with E-state index in [2.05, 4.69) is 34.4 Å². The number of nitrogens with one attached hydrogen (secondary N) is 3. The molecule has 1 aromatic heterocycles. The van der Waals surface area contributed by atoms with Gasteiger partial charge in [-0.15, -0.1) is 11.6 Å². The number of alkyl halides is 1. The van der Waals surface area contributed by atoms with Crippen molar-refractivity contribution in [2.45, 2.75) is 156 Å². The van der Waals surface area contributed by atoms with Gasteiger partial charge in [0.15, 0.2) is 5.78 Å². The van der Waals surface area contributed by atoms with Gasteiger partial charge in [-0.25, -0.2) is 4.79 Å². The van der Waals surface area contributed by atoms with Crippen molar-refractivity contribution in [3.8, 4) is 5.75 Å². The molecule has 8 atom stereocenters. The average Bonchev–Trinajstić information content (AvgIpc) is 3.40. The third-order valence-corrected chi connectivity index (χ3v) is 16.5. The molecule has 3 heterocycles. The van der Waals surface area contributed by atoms with Crippen molar-refractivity contribution in [1.29, 1.82) is 0 Å². The quantitative estimate of drug-likeness (QED) is 0.0240. The number of fused-ring (bicyclic) bond motifs is 3. The molecule has 4 aromatic rings. The fourth-order valence-corrected chi connectivity index (χ4v) is 11.1. The maximum Gasteiger partial charge on any atom is 0.343 e. The monoisotopic (exact) mass is 1160 g/mol. The Bertz CT molecular complexity index is 3130. The molecule has 0 unspecified atom stereocenters. The molecule has 0 aliphatic carbocycles. The van der Waals surface area contributed by atoms with Crippen LogP contribution in [-0.4, -0.2) is 128 Å². The summed E-state index contributed by atoms with van der Waals surface area (Å²) in [6.45, 7) is 18.8. The second kappa shape index (κ2) is 28.1. The molecule has 446 valence electrons. The van der Waals surface area contributed by atoms with E-state index in [0.29, 0.717) is 17.0 Å². The maximum atomic E-state index is 15.6. The molecule has 6 amide bonds. The normalized spacial score (nSPS) is 22.6. The molecule has 1 fully saturated rings. The largest absolute Gasteiger partial charge is 0.416 e. The number of carbonyl (C=O) groups excluding carboxylic acids is 8. The molecule has 2 aliphatic rings. The van der Waals surface area contributed by atoms with E-state index in [4.69, 9.17) is 16.3 Å². The van der Waals surface area contributed by atoms with E-state index < -0.39 is 112 Å². The number of likely N-dealkylation sites (N-methyl/N-ethyl adjacent to an activating group) is 2. The van der Waals surface area contributed by atoms with Crippen LogP contribution in [0.2, 0.25) is 0 Å². The number of hydrogen-bond donors (Lipinski definition) is 3. The number of hydrogen-bond acceptors (Lipinski definition) is 11. The Morgan fingerprint density at radius 2 is 1.40 bits per heavy atom. The lowest BCUT2D eigenvalue weighted by atomic mass is 9.90. The number of Topliss-reactive ketones (excluding diaryl/α,β-unsaturated/α-hetero) is 1. The highest BCUT2D eigenvalue weighted by atomic mass is 35.5. The van der Waals surface area contributed by atoms with Crippen LogP contribution in [0.15, 0.2) is 103 Å². The van der Waals surface area contributed by atoms with E-state index in [1.165, 1.54) is 60.0 Å².